The summed E-state index contributed by atoms with van der Waals surface area (Å²) in [6.07, 6.45) is -5.57. The van der Waals surface area contributed by atoms with Crippen LogP contribution in [-0.2, 0) is 9.57 Å². The third-order valence-electron chi connectivity index (χ3n) is 2.13. The van der Waals surface area contributed by atoms with Gasteiger partial charge in [-0.1, -0.05) is 0 Å². The van der Waals surface area contributed by atoms with Crippen LogP contribution in [0.25, 0.3) is 0 Å². The number of aliphatic hydroxyl groups is 3. The number of nitrogens with one attached hydrogen (secondary N) is 1. The fraction of sp³-hybridized carbons (Fsp3) is 0.857. The summed E-state index contributed by atoms with van der Waals surface area (Å²) in [5.41, 5.74) is 1.78. The monoisotopic (exact) mass is 251 g/mol. The van der Waals surface area contributed by atoms with Crippen molar-refractivity contribution in [3.63, 3.8) is 0 Å². The Morgan fingerprint density at radius 3 is 2.71 bits per heavy atom. The zero-order valence-corrected chi connectivity index (χ0v) is 8.89. The molecule has 1 aliphatic rings. The van der Waals surface area contributed by atoms with E-state index in [1.54, 1.807) is 5.48 Å². The van der Waals surface area contributed by atoms with Crippen LogP contribution in [0.2, 0.25) is 0 Å². The van der Waals surface area contributed by atoms with Crippen molar-refractivity contribution in [2.45, 2.75) is 24.6 Å². The van der Waals surface area contributed by atoms with Crippen LogP contribution < -0.4 is 5.48 Å². The number of nitrogens with zero attached hydrogens (tertiary/aromatic N) is 2. The van der Waals surface area contributed by atoms with Crippen molar-refractivity contribution in [3.05, 3.63) is 4.91 Å². The Morgan fingerprint density at radius 1 is 1.47 bits per heavy atom. The summed E-state index contributed by atoms with van der Waals surface area (Å²) in [5.74, 6) is 0. The zero-order chi connectivity index (χ0) is 13.0. The first-order valence-corrected chi connectivity index (χ1v) is 4.65. The molecule has 0 radical (unpaired) electrons. The van der Waals surface area contributed by atoms with Gasteiger partial charge in [0.2, 0.25) is 6.29 Å². The van der Waals surface area contributed by atoms with Gasteiger partial charge in [0.05, 0.1) is 11.9 Å². The van der Waals surface area contributed by atoms with E-state index >= 15 is 0 Å². The van der Waals surface area contributed by atoms with Gasteiger partial charge in [0.25, 0.3) is 0 Å². The van der Waals surface area contributed by atoms with Crippen molar-refractivity contribution < 1.29 is 29.7 Å². The summed E-state index contributed by atoms with van der Waals surface area (Å²) >= 11 is 0. The van der Waals surface area contributed by atoms with E-state index in [1.807, 2.05) is 0 Å². The highest BCUT2D eigenvalue weighted by Gasteiger charge is 2.39. The van der Waals surface area contributed by atoms with Gasteiger partial charge in [0, 0.05) is 7.05 Å². The Bertz CT molecular complexity index is 289. The molecule has 0 spiro atoms. The highest BCUT2D eigenvalue weighted by atomic mass is 16.8. The van der Waals surface area contributed by atoms with Gasteiger partial charge in [-0.05, 0) is 0 Å². The van der Waals surface area contributed by atoms with Crippen molar-refractivity contribution in [2.75, 3.05) is 13.7 Å². The van der Waals surface area contributed by atoms with E-state index in [1.165, 1.54) is 0 Å². The largest absolute Gasteiger partial charge is 0.388 e. The van der Waals surface area contributed by atoms with Gasteiger partial charge in [-0.3, -0.25) is 0 Å². The summed E-state index contributed by atoms with van der Waals surface area (Å²) < 4.78 is 4.81. The number of urea groups is 1. The number of rotatable bonds is 3. The minimum atomic E-state index is -1.53. The van der Waals surface area contributed by atoms with Crippen LogP contribution in [-0.4, -0.2) is 64.6 Å². The number of amides is 2. The first-order valence-electron chi connectivity index (χ1n) is 4.65. The van der Waals surface area contributed by atoms with E-state index in [4.69, 9.17) is 9.84 Å². The minimum absolute atomic E-state index is 0.263. The summed E-state index contributed by atoms with van der Waals surface area (Å²) in [7, 11) is 1.09. The van der Waals surface area contributed by atoms with Crippen LogP contribution in [0.3, 0.4) is 0 Å². The van der Waals surface area contributed by atoms with E-state index < -0.39 is 30.6 Å². The van der Waals surface area contributed by atoms with Crippen LogP contribution >= 0.6 is 0 Å². The van der Waals surface area contributed by atoms with Crippen LogP contribution in [0, 0.1) is 4.91 Å². The molecule has 1 unspecified atom stereocenters. The maximum absolute atomic E-state index is 11.0. The molecule has 1 heterocycles. The number of hydroxylamine groups is 1. The number of nitroso groups, excluding NO2 is 1. The van der Waals surface area contributed by atoms with Crippen molar-refractivity contribution in [2.24, 2.45) is 5.29 Å². The average Bonchev–Trinajstić information content (AvgIpc) is 2.33. The molecule has 4 N–H and O–H groups in total. The Morgan fingerprint density at radius 2 is 2.12 bits per heavy atom. The van der Waals surface area contributed by atoms with Gasteiger partial charge in [0.1, 0.15) is 18.3 Å². The molecule has 10 heteroatoms. The van der Waals surface area contributed by atoms with E-state index in [0.29, 0.717) is 5.01 Å². The lowest BCUT2D eigenvalue weighted by Gasteiger charge is -2.34. The van der Waals surface area contributed by atoms with Crippen LogP contribution in [0.4, 0.5) is 4.79 Å². The van der Waals surface area contributed by atoms with Crippen LogP contribution in [0.15, 0.2) is 5.29 Å². The second-order valence-corrected chi connectivity index (χ2v) is 3.38. The lowest BCUT2D eigenvalue weighted by atomic mass is 10.1. The molecule has 0 saturated carbocycles. The maximum Gasteiger partial charge on any atom is 0.364 e. The van der Waals surface area contributed by atoms with Gasteiger partial charge in [-0.15, -0.1) is 4.91 Å². The van der Waals surface area contributed by atoms with Gasteiger partial charge in [-0.25, -0.2) is 15.1 Å². The van der Waals surface area contributed by atoms with E-state index in [9.17, 15) is 19.9 Å². The Kier molecular flexibility index (Phi) is 4.72. The van der Waals surface area contributed by atoms with E-state index in [2.05, 4.69) is 10.1 Å². The van der Waals surface area contributed by atoms with E-state index in [-0.39, 0.29) is 6.61 Å². The molecular weight excluding hydrogens is 238 g/mol. The normalized spacial score (nSPS) is 32.9. The maximum atomic E-state index is 11.0. The Hall–Kier alpha value is -1.33. The molecule has 1 aliphatic heterocycles. The molecule has 0 bridgehead atoms. The summed E-state index contributed by atoms with van der Waals surface area (Å²) in [6.45, 7) is -0.263. The fourth-order valence-corrected chi connectivity index (χ4v) is 1.09. The average molecular weight is 251 g/mol. The molecule has 4 atom stereocenters. The van der Waals surface area contributed by atoms with Crippen molar-refractivity contribution >= 4 is 6.03 Å². The number of ether oxygens (including phenoxy) is 1. The molecule has 98 valence electrons. The third kappa shape index (κ3) is 3.31. The van der Waals surface area contributed by atoms with Gasteiger partial charge >= 0.3 is 6.03 Å². The quantitative estimate of drug-likeness (QED) is 0.326. The molecule has 2 amide bonds. The topological polar surface area (TPSA) is 141 Å². The van der Waals surface area contributed by atoms with Gasteiger partial charge < -0.3 is 20.1 Å². The SMILES string of the molecule is CN(N=O)C(=O)NOC1OC[C@@H](O)[C@H](O)[C@H]1O. The number of carbonyl (C=O) groups excluding carboxylic acids is 1. The number of hydrogen-bond donors (Lipinski definition) is 4. The molecule has 1 saturated heterocycles. The summed E-state index contributed by atoms with van der Waals surface area (Å²) in [4.78, 5) is 25.6. The Balaban J connectivity index is 2.42. The standard InChI is InChI=1S/C7H13N3O7/c1-10(9-15)7(14)8-17-6-5(13)4(12)3(11)2-16-6/h3-6,11-13H,2H2,1H3,(H,8,14)/t3-,4+,5-,6?/m1/s1. The summed E-state index contributed by atoms with van der Waals surface area (Å²) in [5, 5.41) is 30.5. The lowest BCUT2D eigenvalue weighted by molar-refractivity contribution is -0.282. The highest BCUT2D eigenvalue weighted by molar-refractivity contribution is 5.72. The molecule has 10 nitrogen and oxygen atoms in total. The number of aliphatic hydroxyl groups excluding tert-OH is 3. The third-order valence-corrected chi connectivity index (χ3v) is 2.13. The first-order chi connectivity index (χ1) is 7.97. The molecule has 17 heavy (non-hydrogen) atoms. The first kappa shape index (κ1) is 13.7. The van der Waals surface area contributed by atoms with Crippen LogP contribution in [0.5, 0.6) is 0 Å². The van der Waals surface area contributed by atoms with Crippen molar-refractivity contribution in [1.82, 2.24) is 10.5 Å². The molecule has 0 aromatic carbocycles. The molecular formula is C7H13N3O7. The second kappa shape index (κ2) is 5.84. The number of hydrogen-bond acceptors (Lipinski definition) is 8. The fourth-order valence-electron chi connectivity index (χ4n) is 1.09. The minimum Gasteiger partial charge on any atom is -0.388 e. The second-order valence-electron chi connectivity index (χ2n) is 3.38. The predicted molar refractivity (Wildman–Crippen MR) is 50.9 cm³/mol. The molecule has 0 aliphatic carbocycles. The molecule has 1 rings (SSSR count). The molecule has 0 aromatic heterocycles. The van der Waals surface area contributed by atoms with Crippen molar-refractivity contribution in [3.8, 4) is 0 Å². The van der Waals surface area contributed by atoms with E-state index in [0.717, 1.165) is 7.05 Å². The van der Waals surface area contributed by atoms with Gasteiger partial charge in [0.15, 0.2) is 0 Å². The van der Waals surface area contributed by atoms with Crippen LogP contribution in [0.1, 0.15) is 0 Å². The summed E-state index contributed by atoms with van der Waals surface area (Å²) in [6, 6.07) is -0.976. The Labute approximate surface area is 95.6 Å². The zero-order valence-electron chi connectivity index (χ0n) is 8.89. The molecule has 1 fully saturated rings. The smallest absolute Gasteiger partial charge is 0.364 e. The van der Waals surface area contributed by atoms with Crippen molar-refractivity contribution in [1.29, 1.82) is 0 Å². The number of carbonyl (C=O) groups is 1. The van der Waals surface area contributed by atoms with Gasteiger partial charge in [-0.2, -0.15) is 5.01 Å². The lowest BCUT2D eigenvalue weighted by Crippen LogP contribution is -2.55. The predicted octanol–water partition coefficient (Wildman–Crippen LogP) is -2.32. The molecule has 0 aromatic rings. The highest BCUT2D eigenvalue weighted by Crippen LogP contribution is 2.15.